The number of nitrogens with zero attached hydrogens (tertiary/aromatic N) is 2. The summed E-state index contributed by atoms with van der Waals surface area (Å²) in [6, 6.07) is 17.4. The highest BCUT2D eigenvalue weighted by Crippen LogP contribution is 2.25. The van der Waals surface area contributed by atoms with E-state index in [0.717, 1.165) is 30.5 Å². The van der Waals surface area contributed by atoms with Gasteiger partial charge in [0.05, 0.1) is 5.56 Å². The van der Waals surface area contributed by atoms with Crippen LogP contribution in [0.15, 0.2) is 71.9 Å². The van der Waals surface area contributed by atoms with Crippen molar-refractivity contribution in [3.05, 3.63) is 89.4 Å². The molecule has 4 rings (SSSR count). The molecular formula is C25H24FN3O2S. The Hall–Kier alpha value is -3.19. The minimum absolute atomic E-state index is 0.184. The number of likely N-dealkylation sites (tertiary alicyclic amines) is 1. The van der Waals surface area contributed by atoms with E-state index in [-0.39, 0.29) is 17.6 Å². The molecule has 1 aromatic heterocycles. The lowest BCUT2D eigenvalue weighted by atomic mass is 10.1. The maximum Gasteiger partial charge on any atom is 0.258 e. The second-order valence-corrected chi connectivity index (χ2v) is 8.66. The van der Waals surface area contributed by atoms with Crippen molar-refractivity contribution in [3.63, 3.8) is 0 Å². The number of anilines is 1. The Bertz CT molecular complexity index is 1100. The normalized spacial score (nSPS) is 13.8. The van der Waals surface area contributed by atoms with Gasteiger partial charge in [0.25, 0.3) is 5.91 Å². The number of nitrogens with one attached hydrogen (secondary N) is 1. The minimum Gasteiger partial charge on any atom is -0.338 e. The van der Waals surface area contributed by atoms with Crippen LogP contribution in [0.3, 0.4) is 0 Å². The molecule has 1 aliphatic heterocycles. The van der Waals surface area contributed by atoms with Gasteiger partial charge in [-0.1, -0.05) is 24.3 Å². The van der Waals surface area contributed by atoms with Gasteiger partial charge in [-0.15, -0.1) is 11.8 Å². The zero-order valence-electron chi connectivity index (χ0n) is 17.6. The van der Waals surface area contributed by atoms with Crippen molar-refractivity contribution in [2.24, 2.45) is 0 Å². The summed E-state index contributed by atoms with van der Waals surface area (Å²) in [6.45, 7) is 1.33. The van der Waals surface area contributed by atoms with Gasteiger partial charge in [-0.2, -0.15) is 0 Å². The van der Waals surface area contributed by atoms with Gasteiger partial charge < -0.3 is 10.2 Å². The van der Waals surface area contributed by atoms with Crippen LogP contribution in [0.25, 0.3) is 0 Å². The van der Waals surface area contributed by atoms with Crippen LogP contribution in [-0.4, -0.2) is 28.2 Å². The molecule has 164 valence electrons. The number of hydrogen-bond acceptors (Lipinski definition) is 4. The molecule has 0 spiro atoms. The summed E-state index contributed by atoms with van der Waals surface area (Å²) in [5.74, 6) is 0.245. The lowest BCUT2D eigenvalue weighted by Gasteiger charge is -2.26. The average molecular weight is 450 g/mol. The molecule has 2 aromatic carbocycles. The van der Waals surface area contributed by atoms with Gasteiger partial charge in [0, 0.05) is 37.1 Å². The molecule has 3 aromatic rings. The smallest absolute Gasteiger partial charge is 0.258 e. The summed E-state index contributed by atoms with van der Waals surface area (Å²) in [6.07, 6.45) is 4.25. The largest absolute Gasteiger partial charge is 0.338 e. The highest BCUT2D eigenvalue weighted by Gasteiger charge is 2.18. The summed E-state index contributed by atoms with van der Waals surface area (Å²) in [7, 11) is 0. The number of carbonyl (C=O) groups is 2. The van der Waals surface area contributed by atoms with E-state index in [2.05, 4.69) is 10.3 Å². The Kier molecular flexibility index (Phi) is 7.17. The van der Waals surface area contributed by atoms with Crippen molar-refractivity contribution < 1.29 is 14.0 Å². The van der Waals surface area contributed by atoms with E-state index in [4.69, 9.17) is 0 Å². The average Bonchev–Trinajstić information content (AvgIpc) is 2.81. The maximum atomic E-state index is 13.1. The molecule has 7 heteroatoms. The van der Waals surface area contributed by atoms with Crippen LogP contribution in [0.1, 0.15) is 40.7 Å². The summed E-state index contributed by atoms with van der Waals surface area (Å²) in [5.41, 5.74) is 3.09. The predicted octanol–water partition coefficient (Wildman–Crippen LogP) is 5.28. The Balaban J connectivity index is 1.42. The quantitative estimate of drug-likeness (QED) is 0.499. The SMILES string of the molecule is O=C(Nc1cccc(CN2CCCCC2=O)c1)c1cccnc1SCc1ccc(F)cc1. The molecule has 0 bridgehead atoms. The fraction of sp³-hybridized carbons (Fsp3) is 0.240. The molecule has 0 atom stereocenters. The molecule has 1 saturated heterocycles. The molecule has 1 aliphatic rings. The Labute approximate surface area is 191 Å². The second kappa shape index (κ2) is 10.4. The first-order chi connectivity index (χ1) is 15.6. The van der Waals surface area contributed by atoms with Gasteiger partial charge >= 0.3 is 0 Å². The first-order valence-electron chi connectivity index (χ1n) is 10.6. The standard InChI is InChI=1S/C25H24FN3O2S/c26-20-11-9-18(10-12-20)17-32-25-22(7-4-13-27-25)24(31)28-21-6-3-5-19(15-21)16-29-14-2-1-8-23(29)30/h3-7,9-13,15H,1-2,8,14,16-17H2,(H,28,31). The van der Waals surface area contributed by atoms with Gasteiger partial charge in [0.2, 0.25) is 5.91 Å². The van der Waals surface area contributed by atoms with Crippen LogP contribution in [0.5, 0.6) is 0 Å². The number of amides is 2. The van der Waals surface area contributed by atoms with E-state index >= 15 is 0 Å². The van der Waals surface area contributed by atoms with Crippen molar-refractivity contribution in [2.75, 3.05) is 11.9 Å². The highest BCUT2D eigenvalue weighted by molar-refractivity contribution is 7.98. The third kappa shape index (κ3) is 5.73. The number of benzene rings is 2. The molecule has 2 heterocycles. The van der Waals surface area contributed by atoms with Gasteiger partial charge in [-0.25, -0.2) is 9.37 Å². The monoisotopic (exact) mass is 449 g/mol. The Morgan fingerprint density at radius 3 is 2.72 bits per heavy atom. The summed E-state index contributed by atoms with van der Waals surface area (Å²) in [5, 5.41) is 3.56. The van der Waals surface area contributed by atoms with Crippen LogP contribution < -0.4 is 5.32 Å². The van der Waals surface area contributed by atoms with Crippen molar-refractivity contribution >= 4 is 29.3 Å². The molecular weight excluding hydrogens is 425 g/mol. The third-order valence-corrected chi connectivity index (χ3v) is 6.36. The lowest BCUT2D eigenvalue weighted by molar-refractivity contribution is -0.133. The van der Waals surface area contributed by atoms with Crippen molar-refractivity contribution in [1.29, 1.82) is 0 Å². The van der Waals surface area contributed by atoms with Gasteiger partial charge in [-0.05, 0) is 60.4 Å². The lowest BCUT2D eigenvalue weighted by Crippen LogP contribution is -2.34. The van der Waals surface area contributed by atoms with Gasteiger partial charge in [-0.3, -0.25) is 9.59 Å². The number of aromatic nitrogens is 1. The second-order valence-electron chi connectivity index (χ2n) is 7.70. The van der Waals surface area contributed by atoms with Crippen LogP contribution in [-0.2, 0) is 17.1 Å². The van der Waals surface area contributed by atoms with Gasteiger partial charge in [0.15, 0.2) is 0 Å². The number of hydrogen-bond donors (Lipinski definition) is 1. The molecule has 0 aliphatic carbocycles. The van der Waals surface area contributed by atoms with E-state index < -0.39 is 0 Å². The third-order valence-electron chi connectivity index (χ3n) is 5.28. The van der Waals surface area contributed by atoms with E-state index in [1.807, 2.05) is 29.2 Å². The fourth-order valence-corrected chi connectivity index (χ4v) is 4.55. The topological polar surface area (TPSA) is 62.3 Å². The summed E-state index contributed by atoms with van der Waals surface area (Å²) in [4.78, 5) is 31.3. The molecule has 2 amide bonds. The number of rotatable bonds is 7. The maximum absolute atomic E-state index is 13.1. The van der Waals surface area contributed by atoms with Crippen LogP contribution in [0, 0.1) is 5.82 Å². The van der Waals surface area contributed by atoms with Crippen LogP contribution >= 0.6 is 11.8 Å². The number of piperidine rings is 1. The van der Waals surface area contributed by atoms with Crippen molar-refractivity contribution in [2.45, 2.75) is 36.6 Å². The molecule has 1 fully saturated rings. The Morgan fingerprint density at radius 2 is 1.91 bits per heavy atom. The fourth-order valence-electron chi connectivity index (χ4n) is 3.61. The van der Waals surface area contributed by atoms with E-state index in [0.29, 0.717) is 35.0 Å². The highest BCUT2D eigenvalue weighted by atomic mass is 32.2. The van der Waals surface area contributed by atoms with E-state index in [9.17, 15) is 14.0 Å². The molecule has 0 radical (unpaired) electrons. The first kappa shape index (κ1) is 22.0. The molecule has 1 N–H and O–H groups in total. The summed E-state index contributed by atoms with van der Waals surface area (Å²) < 4.78 is 13.1. The number of pyridine rings is 1. The van der Waals surface area contributed by atoms with Crippen molar-refractivity contribution in [1.82, 2.24) is 9.88 Å². The minimum atomic E-state index is -0.275. The van der Waals surface area contributed by atoms with E-state index in [1.165, 1.54) is 23.9 Å². The van der Waals surface area contributed by atoms with E-state index in [1.54, 1.807) is 30.5 Å². The zero-order chi connectivity index (χ0) is 22.3. The molecule has 0 saturated carbocycles. The number of thioether (sulfide) groups is 1. The predicted molar refractivity (Wildman–Crippen MR) is 124 cm³/mol. The van der Waals surface area contributed by atoms with Gasteiger partial charge in [0.1, 0.15) is 10.8 Å². The van der Waals surface area contributed by atoms with Crippen LogP contribution in [0.4, 0.5) is 10.1 Å². The zero-order valence-corrected chi connectivity index (χ0v) is 18.4. The molecule has 5 nitrogen and oxygen atoms in total. The Morgan fingerprint density at radius 1 is 1.06 bits per heavy atom. The number of halogens is 1. The first-order valence-corrected chi connectivity index (χ1v) is 11.6. The molecule has 0 unspecified atom stereocenters. The van der Waals surface area contributed by atoms with Crippen LogP contribution in [0.2, 0.25) is 0 Å². The molecule has 32 heavy (non-hydrogen) atoms. The van der Waals surface area contributed by atoms with Crippen molar-refractivity contribution in [3.8, 4) is 0 Å². The summed E-state index contributed by atoms with van der Waals surface area (Å²) >= 11 is 1.43. The number of carbonyl (C=O) groups excluding carboxylic acids is 2.